The minimum absolute atomic E-state index is 0.0347. The number of aromatic nitrogens is 1. The van der Waals surface area contributed by atoms with Gasteiger partial charge < -0.3 is 9.84 Å². The Labute approximate surface area is 105 Å². The molecule has 4 nitrogen and oxygen atoms in total. The number of pyridine rings is 1. The van der Waals surface area contributed by atoms with E-state index in [1.807, 2.05) is 0 Å². The molecule has 0 radical (unpaired) electrons. The van der Waals surface area contributed by atoms with Crippen molar-refractivity contribution in [3.05, 3.63) is 22.8 Å². The van der Waals surface area contributed by atoms with Gasteiger partial charge in [0, 0.05) is 6.20 Å². The molecule has 0 amide bonds. The van der Waals surface area contributed by atoms with Gasteiger partial charge in [0.2, 0.25) is 5.88 Å². The van der Waals surface area contributed by atoms with Gasteiger partial charge >= 0.3 is 5.97 Å². The highest BCUT2D eigenvalue weighted by atomic mass is 35.5. The number of nitrogens with zero attached hydrogens (tertiary/aromatic N) is 1. The Bertz CT molecular complexity index is 416. The van der Waals surface area contributed by atoms with Crippen molar-refractivity contribution in [3.8, 4) is 5.88 Å². The average molecular weight is 256 g/mol. The molecule has 0 bridgehead atoms. The molecular weight excluding hydrogens is 242 g/mol. The van der Waals surface area contributed by atoms with Crippen molar-refractivity contribution < 1.29 is 14.6 Å². The van der Waals surface area contributed by atoms with Crippen LogP contribution in [0.1, 0.15) is 42.5 Å². The molecule has 0 spiro atoms. The second-order valence-electron chi connectivity index (χ2n) is 4.16. The summed E-state index contributed by atoms with van der Waals surface area (Å²) in [5.41, 5.74) is 0.0347. The Morgan fingerprint density at radius 1 is 1.41 bits per heavy atom. The molecular formula is C12H14ClNO3. The van der Waals surface area contributed by atoms with E-state index >= 15 is 0 Å². The van der Waals surface area contributed by atoms with Crippen molar-refractivity contribution in [2.75, 3.05) is 0 Å². The van der Waals surface area contributed by atoms with Crippen LogP contribution in [-0.4, -0.2) is 22.2 Å². The standard InChI is InChI=1S/C12H14ClNO3/c13-10-9(12(15)16)6-7-14-11(10)17-8-4-2-1-3-5-8/h6-8H,1-5H2,(H,15,16). The van der Waals surface area contributed by atoms with Gasteiger partial charge in [-0.1, -0.05) is 18.0 Å². The molecule has 1 aromatic heterocycles. The molecule has 2 rings (SSSR count). The van der Waals surface area contributed by atoms with Crippen molar-refractivity contribution in [1.82, 2.24) is 4.98 Å². The Morgan fingerprint density at radius 3 is 2.76 bits per heavy atom. The number of carboxylic acids is 1. The summed E-state index contributed by atoms with van der Waals surface area (Å²) in [6.07, 6.45) is 6.99. The summed E-state index contributed by atoms with van der Waals surface area (Å²) >= 11 is 5.95. The summed E-state index contributed by atoms with van der Waals surface area (Å²) in [5, 5.41) is 9.02. The van der Waals surface area contributed by atoms with Crippen molar-refractivity contribution in [1.29, 1.82) is 0 Å². The first-order valence-electron chi connectivity index (χ1n) is 5.73. The number of ether oxygens (including phenoxy) is 1. The molecule has 0 aromatic carbocycles. The summed E-state index contributed by atoms with van der Waals surface area (Å²) in [6, 6.07) is 1.37. The van der Waals surface area contributed by atoms with Crippen LogP contribution in [-0.2, 0) is 0 Å². The molecule has 1 N–H and O–H groups in total. The maximum absolute atomic E-state index is 10.9. The van der Waals surface area contributed by atoms with Crippen LogP contribution in [0, 0.1) is 0 Å². The zero-order chi connectivity index (χ0) is 12.3. The van der Waals surface area contributed by atoms with Crippen molar-refractivity contribution in [2.24, 2.45) is 0 Å². The molecule has 1 fully saturated rings. The highest BCUT2D eigenvalue weighted by Crippen LogP contribution is 2.29. The van der Waals surface area contributed by atoms with E-state index in [1.165, 1.54) is 18.7 Å². The zero-order valence-corrected chi connectivity index (χ0v) is 10.1. The van der Waals surface area contributed by atoms with Crippen LogP contribution >= 0.6 is 11.6 Å². The van der Waals surface area contributed by atoms with Crippen molar-refractivity contribution in [3.63, 3.8) is 0 Å². The summed E-state index contributed by atoms with van der Waals surface area (Å²) in [6.45, 7) is 0. The van der Waals surface area contributed by atoms with E-state index in [0.717, 1.165) is 25.7 Å². The second kappa shape index (κ2) is 5.36. The molecule has 1 heterocycles. The minimum Gasteiger partial charge on any atom is -0.478 e. The maximum Gasteiger partial charge on any atom is 0.337 e. The number of hydrogen-bond acceptors (Lipinski definition) is 3. The number of carboxylic acid groups (broad SMARTS) is 1. The lowest BCUT2D eigenvalue weighted by atomic mass is 9.98. The maximum atomic E-state index is 10.9. The molecule has 1 aliphatic carbocycles. The van der Waals surface area contributed by atoms with Crippen LogP contribution in [0.4, 0.5) is 0 Å². The van der Waals surface area contributed by atoms with Gasteiger partial charge in [0.15, 0.2) is 0 Å². The largest absolute Gasteiger partial charge is 0.478 e. The van der Waals surface area contributed by atoms with Gasteiger partial charge in [0.1, 0.15) is 11.1 Å². The molecule has 1 saturated carbocycles. The highest BCUT2D eigenvalue weighted by Gasteiger charge is 2.19. The number of hydrogen-bond donors (Lipinski definition) is 1. The SMILES string of the molecule is O=C(O)c1ccnc(OC2CCCCC2)c1Cl. The number of halogens is 1. The molecule has 1 aromatic rings. The van der Waals surface area contributed by atoms with E-state index in [1.54, 1.807) is 0 Å². The minimum atomic E-state index is -1.06. The molecule has 0 unspecified atom stereocenters. The third-order valence-corrected chi connectivity index (χ3v) is 3.28. The smallest absolute Gasteiger partial charge is 0.337 e. The first kappa shape index (κ1) is 12.2. The van der Waals surface area contributed by atoms with Crippen LogP contribution in [0.2, 0.25) is 5.02 Å². The van der Waals surface area contributed by atoms with Gasteiger partial charge in [-0.2, -0.15) is 0 Å². The molecule has 17 heavy (non-hydrogen) atoms. The highest BCUT2D eigenvalue weighted by molar-refractivity contribution is 6.34. The van der Waals surface area contributed by atoms with E-state index < -0.39 is 5.97 Å². The predicted octanol–water partition coefficient (Wildman–Crippen LogP) is 3.14. The Kier molecular flexibility index (Phi) is 3.84. The average Bonchev–Trinajstić information content (AvgIpc) is 2.33. The van der Waals surface area contributed by atoms with Crippen molar-refractivity contribution >= 4 is 17.6 Å². The van der Waals surface area contributed by atoms with E-state index in [9.17, 15) is 4.79 Å². The van der Waals surface area contributed by atoms with Crippen LogP contribution in [0.15, 0.2) is 12.3 Å². The summed E-state index contributed by atoms with van der Waals surface area (Å²) < 4.78 is 5.67. The number of rotatable bonds is 3. The first-order chi connectivity index (χ1) is 8.18. The lowest BCUT2D eigenvalue weighted by Crippen LogP contribution is -2.20. The predicted molar refractivity (Wildman–Crippen MR) is 63.7 cm³/mol. The van der Waals surface area contributed by atoms with Gasteiger partial charge in [0.05, 0.1) is 5.56 Å². The van der Waals surface area contributed by atoms with Gasteiger partial charge in [-0.05, 0) is 31.7 Å². The van der Waals surface area contributed by atoms with Crippen LogP contribution in [0.3, 0.4) is 0 Å². The lowest BCUT2D eigenvalue weighted by molar-refractivity contribution is 0.0695. The van der Waals surface area contributed by atoms with E-state index in [4.69, 9.17) is 21.4 Å². The quantitative estimate of drug-likeness (QED) is 0.901. The normalized spacial score (nSPS) is 16.8. The summed E-state index contributed by atoms with van der Waals surface area (Å²) in [4.78, 5) is 14.9. The topological polar surface area (TPSA) is 59.4 Å². The van der Waals surface area contributed by atoms with E-state index in [0.29, 0.717) is 0 Å². The molecule has 1 aliphatic rings. The fourth-order valence-electron chi connectivity index (χ4n) is 2.01. The summed E-state index contributed by atoms with van der Waals surface area (Å²) in [7, 11) is 0. The molecule has 5 heteroatoms. The van der Waals surface area contributed by atoms with Gasteiger partial charge in [-0.15, -0.1) is 0 Å². The monoisotopic (exact) mass is 255 g/mol. The van der Waals surface area contributed by atoms with Gasteiger partial charge in [-0.25, -0.2) is 9.78 Å². The first-order valence-corrected chi connectivity index (χ1v) is 6.10. The Balaban J connectivity index is 2.15. The number of aromatic carboxylic acids is 1. The molecule has 0 aliphatic heterocycles. The van der Waals surface area contributed by atoms with Crippen molar-refractivity contribution in [2.45, 2.75) is 38.2 Å². The third-order valence-electron chi connectivity index (χ3n) is 2.92. The van der Waals surface area contributed by atoms with E-state index in [2.05, 4.69) is 4.98 Å². The van der Waals surface area contributed by atoms with E-state index in [-0.39, 0.29) is 22.6 Å². The van der Waals surface area contributed by atoms with Crippen LogP contribution < -0.4 is 4.74 Å². The third kappa shape index (κ3) is 2.88. The van der Waals surface area contributed by atoms with Gasteiger partial charge in [-0.3, -0.25) is 0 Å². The Morgan fingerprint density at radius 2 is 2.12 bits per heavy atom. The summed E-state index contributed by atoms with van der Waals surface area (Å²) in [5.74, 6) is -0.829. The van der Waals surface area contributed by atoms with Crippen LogP contribution in [0.5, 0.6) is 5.88 Å². The van der Waals surface area contributed by atoms with Gasteiger partial charge in [0.25, 0.3) is 0 Å². The molecule has 0 atom stereocenters. The van der Waals surface area contributed by atoms with Crippen LogP contribution in [0.25, 0.3) is 0 Å². The second-order valence-corrected chi connectivity index (χ2v) is 4.54. The zero-order valence-electron chi connectivity index (χ0n) is 9.36. The molecule has 0 saturated heterocycles. The lowest BCUT2D eigenvalue weighted by Gasteiger charge is -2.22. The fraction of sp³-hybridized carbons (Fsp3) is 0.500. The number of carbonyl (C=O) groups is 1. The Hall–Kier alpha value is -1.29. The molecule has 92 valence electrons. The fourth-order valence-corrected chi connectivity index (χ4v) is 2.25.